The van der Waals surface area contributed by atoms with Crippen molar-refractivity contribution in [3.8, 4) is 34.5 Å². The maximum Gasteiger partial charge on any atom is 0.212 e. The van der Waals surface area contributed by atoms with Crippen LogP contribution in [-0.2, 0) is 5.41 Å². The van der Waals surface area contributed by atoms with Crippen LogP contribution in [0.3, 0.4) is 0 Å². The lowest BCUT2D eigenvalue weighted by Gasteiger charge is -2.57. The summed E-state index contributed by atoms with van der Waals surface area (Å²) in [6, 6.07) is 15.8. The third-order valence-corrected chi connectivity index (χ3v) is 9.20. The van der Waals surface area contributed by atoms with E-state index in [0.29, 0.717) is 17.8 Å². The van der Waals surface area contributed by atoms with Gasteiger partial charge in [0.1, 0.15) is 0 Å². The summed E-state index contributed by atoms with van der Waals surface area (Å²) >= 11 is 0. The van der Waals surface area contributed by atoms with E-state index >= 15 is 8.78 Å². The summed E-state index contributed by atoms with van der Waals surface area (Å²) in [6.07, 6.45) is 6.51. The van der Waals surface area contributed by atoms with E-state index in [1.807, 2.05) is 6.07 Å². The van der Waals surface area contributed by atoms with Crippen LogP contribution in [0, 0.1) is 35.2 Å². The van der Waals surface area contributed by atoms with E-state index in [-0.39, 0.29) is 57.0 Å². The van der Waals surface area contributed by atoms with Crippen LogP contribution in [-0.4, -0.2) is 0 Å². The lowest BCUT2D eigenvalue weighted by molar-refractivity contribution is -0.00613. The largest absolute Gasteiger partial charge is 0.450 e. The molecule has 0 unspecified atom stereocenters. The van der Waals surface area contributed by atoms with Crippen molar-refractivity contribution in [2.45, 2.75) is 43.9 Å². The van der Waals surface area contributed by atoms with Crippen LogP contribution < -0.4 is 31.4 Å². The topological polar surface area (TPSA) is 106 Å². The Balaban J connectivity index is 1.43. The molecule has 0 aromatic heterocycles. The van der Waals surface area contributed by atoms with Crippen LogP contribution in [0.4, 0.5) is 30.2 Å². The zero-order chi connectivity index (χ0) is 29.9. The van der Waals surface area contributed by atoms with Gasteiger partial charge in [-0.25, -0.2) is 13.2 Å². The van der Waals surface area contributed by atoms with Crippen molar-refractivity contribution in [1.82, 2.24) is 0 Å². The van der Waals surface area contributed by atoms with Crippen molar-refractivity contribution in [3.05, 3.63) is 89.7 Å². The van der Waals surface area contributed by atoms with E-state index in [1.54, 1.807) is 6.07 Å². The molecule has 8 rings (SSSR count). The summed E-state index contributed by atoms with van der Waals surface area (Å²) in [5.41, 5.74) is 18.6. The highest BCUT2D eigenvalue weighted by molar-refractivity contribution is 5.63. The average Bonchev–Trinajstić information content (AvgIpc) is 2.93. The number of anilines is 3. The Kier molecular flexibility index (Phi) is 6.56. The molecule has 9 heteroatoms. The Morgan fingerprint density at radius 3 is 1.35 bits per heavy atom. The molecule has 0 aliphatic heterocycles. The summed E-state index contributed by atoms with van der Waals surface area (Å²) in [6.45, 7) is 0. The molecule has 4 aliphatic carbocycles. The fourth-order valence-corrected chi connectivity index (χ4v) is 7.82. The minimum Gasteiger partial charge on any atom is -0.450 e. The van der Waals surface area contributed by atoms with Gasteiger partial charge in [-0.05, 0) is 104 Å². The van der Waals surface area contributed by atoms with Crippen molar-refractivity contribution in [1.29, 1.82) is 0 Å². The second-order valence-electron chi connectivity index (χ2n) is 12.3. The van der Waals surface area contributed by atoms with Crippen LogP contribution in [0.25, 0.3) is 0 Å². The van der Waals surface area contributed by atoms with E-state index in [4.69, 9.17) is 31.4 Å². The van der Waals surface area contributed by atoms with Gasteiger partial charge in [0.25, 0.3) is 0 Å². The molecule has 4 aromatic rings. The Bertz CT molecular complexity index is 1690. The molecular formula is C34H32F3N3O3. The first-order valence-corrected chi connectivity index (χ1v) is 14.5. The minimum atomic E-state index is -0.713. The number of halogens is 3. The van der Waals surface area contributed by atoms with Crippen LogP contribution in [0.5, 0.6) is 34.5 Å². The van der Waals surface area contributed by atoms with Gasteiger partial charge in [-0.2, -0.15) is 0 Å². The molecule has 4 fully saturated rings. The molecule has 43 heavy (non-hydrogen) atoms. The molecule has 6 nitrogen and oxygen atoms in total. The Morgan fingerprint density at radius 2 is 0.907 bits per heavy atom. The van der Waals surface area contributed by atoms with Crippen LogP contribution in [0.1, 0.15) is 44.1 Å². The molecule has 4 saturated carbocycles. The number of nitrogens with two attached hydrogens (primary N) is 3. The lowest BCUT2D eigenvalue weighted by atomic mass is 9.48. The Labute approximate surface area is 247 Å². The highest BCUT2D eigenvalue weighted by Gasteiger charge is 2.53. The fourth-order valence-electron chi connectivity index (χ4n) is 7.82. The second-order valence-corrected chi connectivity index (χ2v) is 12.3. The van der Waals surface area contributed by atoms with E-state index < -0.39 is 17.5 Å². The van der Waals surface area contributed by atoms with Gasteiger partial charge in [-0.1, -0.05) is 6.07 Å². The standard InChI is InChI=1S/C34H32F3N3O3/c35-25-12-21(38)1-5-28(25)41-31-8-4-24(34-15-18-9-19(16-34)11-20(10-18)17-34)32(42-29-6-2-22(39)13-26(29)36)33(31)43-30-7-3-23(40)14-27(30)37/h1-8,12-14,18-20H,9-11,15-17,38-40H2. The Morgan fingerprint density at radius 1 is 0.512 bits per heavy atom. The predicted molar refractivity (Wildman–Crippen MR) is 159 cm³/mol. The maximum atomic E-state index is 15.2. The summed E-state index contributed by atoms with van der Waals surface area (Å²) in [4.78, 5) is 0. The zero-order valence-corrected chi connectivity index (χ0v) is 23.4. The van der Waals surface area contributed by atoms with Crippen LogP contribution in [0.2, 0.25) is 0 Å². The Hall–Kier alpha value is -4.53. The van der Waals surface area contributed by atoms with E-state index in [2.05, 4.69) is 0 Å². The summed E-state index contributed by atoms with van der Waals surface area (Å²) in [5, 5.41) is 0. The third-order valence-electron chi connectivity index (χ3n) is 9.20. The first kappa shape index (κ1) is 27.3. The molecule has 4 bridgehead atoms. The molecule has 0 radical (unpaired) electrons. The van der Waals surface area contributed by atoms with Crippen molar-refractivity contribution < 1.29 is 27.4 Å². The SMILES string of the molecule is Nc1ccc(Oc2ccc(C34CC5CC(CC(C5)C3)C4)c(Oc3ccc(N)cc3F)c2Oc2ccc(N)cc2F)c(F)c1. The molecule has 4 aromatic carbocycles. The monoisotopic (exact) mass is 587 g/mol. The van der Waals surface area contributed by atoms with Crippen molar-refractivity contribution in [3.63, 3.8) is 0 Å². The summed E-state index contributed by atoms with van der Waals surface area (Å²) in [7, 11) is 0. The van der Waals surface area contributed by atoms with Crippen LogP contribution >= 0.6 is 0 Å². The molecule has 6 N–H and O–H groups in total. The van der Waals surface area contributed by atoms with Crippen LogP contribution in [0.15, 0.2) is 66.7 Å². The number of rotatable bonds is 7. The van der Waals surface area contributed by atoms with Gasteiger partial charge in [0.05, 0.1) is 0 Å². The van der Waals surface area contributed by atoms with E-state index in [0.717, 1.165) is 37.0 Å². The van der Waals surface area contributed by atoms with Gasteiger partial charge in [0.15, 0.2) is 46.2 Å². The molecule has 0 amide bonds. The van der Waals surface area contributed by atoms with Gasteiger partial charge < -0.3 is 31.4 Å². The number of benzene rings is 4. The van der Waals surface area contributed by atoms with E-state index in [1.165, 1.54) is 61.7 Å². The van der Waals surface area contributed by atoms with Gasteiger partial charge in [0, 0.05) is 40.8 Å². The average molecular weight is 588 g/mol. The molecule has 0 spiro atoms. The maximum absolute atomic E-state index is 15.2. The summed E-state index contributed by atoms with van der Waals surface area (Å²) < 4.78 is 63.9. The second kappa shape index (κ2) is 10.3. The molecule has 222 valence electrons. The first-order chi connectivity index (χ1) is 20.7. The van der Waals surface area contributed by atoms with Gasteiger partial charge in [-0.15, -0.1) is 0 Å². The zero-order valence-electron chi connectivity index (χ0n) is 23.4. The predicted octanol–water partition coefficient (Wildman–Crippen LogP) is 8.70. The minimum absolute atomic E-state index is 0.00985. The highest BCUT2D eigenvalue weighted by atomic mass is 19.1. The normalized spacial score (nSPS) is 23.7. The molecular weight excluding hydrogens is 555 g/mol. The van der Waals surface area contributed by atoms with Gasteiger partial charge >= 0.3 is 0 Å². The number of ether oxygens (including phenoxy) is 3. The number of nitrogen functional groups attached to an aromatic ring is 3. The quantitative estimate of drug-likeness (QED) is 0.187. The first-order valence-electron chi connectivity index (χ1n) is 14.5. The third kappa shape index (κ3) is 5.07. The molecule has 0 heterocycles. The molecule has 0 atom stereocenters. The van der Waals surface area contributed by atoms with Gasteiger partial charge in [0.2, 0.25) is 5.75 Å². The lowest BCUT2D eigenvalue weighted by Crippen LogP contribution is -2.48. The molecule has 4 aliphatic rings. The summed E-state index contributed by atoms with van der Waals surface area (Å²) in [5.74, 6) is -0.431. The number of hydrogen-bond acceptors (Lipinski definition) is 6. The highest BCUT2D eigenvalue weighted by Crippen LogP contribution is 2.64. The van der Waals surface area contributed by atoms with E-state index in [9.17, 15) is 4.39 Å². The van der Waals surface area contributed by atoms with Crippen molar-refractivity contribution >= 4 is 17.1 Å². The number of hydrogen-bond donors (Lipinski definition) is 3. The van der Waals surface area contributed by atoms with Crippen molar-refractivity contribution in [2.75, 3.05) is 17.2 Å². The van der Waals surface area contributed by atoms with Crippen molar-refractivity contribution in [2.24, 2.45) is 17.8 Å². The fraction of sp³-hybridized carbons (Fsp3) is 0.294. The smallest absolute Gasteiger partial charge is 0.212 e. The van der Waals surface area contributed by atoms with Gasteiger partial charge in [-0.3, -0.25) is 0 Å². The molecule has 0 saturated heterocycles.